The molecule has 0 saturated heterocycles. The molecule has 1 heterocycles. The second-order valence-electron chi connectivity index (χ2n) is 2.71. The van der Waals surface area contributed by atoms with E-state index in [1.54, 1.807) is 13.0 Å². The molecule has 1 atom stereocenters. The highest BCUT2D eigenvalue weighted by Crippen LogP contribution is 2.20. The largest absolute Gasteiger partial charge is 0.350 e. The molecule has 3 N–H and O–H groups in total. The van der Waals surface area contributed by atoms with E-state index in [0.29, 0.717) is 6.54 Å². The molecule has 6 heteroatoms. The lowest BCUT2D eigenvalue weighted by Gasteiger charge is -2.05. The first-order chi connectivity index (χ1) is 6.09. The van der Waals surface area contributed by atoms with Crippen LogP contribution < -0.4 is 11.1 Å². The zero-order valence-corrected chi connectivity index (χ0v) is 10.0. The number of rotatable bonds is 3. The molecule has 0 bridgehead atoms. The highest BCUT2D eigenvalue weighted by Gasteiger charge is 2.06. The van der Waals surface area contributed by atoms with Crippen LogP contribution in [-0.2, 0) is 11.3 Å². The Kier molecular flexibility index (Phi) is 6.11. The van der Waals surface area contributed by atoms with Crippen LogP contribution in [0.2, 0.25) is 4.34 Å². The third kappa shape index (κ3) is 4.28. The van der Waals surface area contributed by atoms with Crippen LogP contribution in [0.5, 0.6) is 0 Å². The molecule has 80 valence electrons. The van der Waals surface area contributed by atoms with Gasteiger partial charge in [0.1, 0.15) is 0 Å². The summed E-state index contributed by atoms with van der Waals surface area (Å²) in [7, 11) is 0. The first-order valence-corrected chi connectivity index (χ1v) is 5.06. The number of carbonyl (C=O) groups is 1. The number of halogens is 2. The van der Waals surface area contributed by atoms with Gasteiger partial charge in [0.25, 0.3) is 0 Å². The van der Waals surface area contributed by atoms with E-state index in [-0.39, 0.29) is 18.3 Å². The van der Waals surface area contributed by atoms with Gasteiger partial charge < -0.3 is 11.1 Å². The number of thiophene rings is 1. The van der Waals surface area contributed by atoms with Gasteiger partial charge >= 0.3 is 0 Å². The first kappa shape index (κ1) is 13.7. The average Bonchev–Trinajstić information content (AvgIpc) is 2.47. The standard InChI is InChI=1S/C8H11ClN2OS.ClH/c1-5(10)8(12)11-4-6-2-3-7(9)13-6;/h2-3,5H,4,10H2,1H3,(H,11,12);1H/t5-;/m0./s1. The third-order valence-electron chi connectivity index (χ3n) is 1.48. The highest BCUT2D eigenvalue weighted by atomic mass is 35.5. The molecular formula is C8H12Cl2N2OS. The number of nitrogens with one attached hydrogen (secondary N) is 1. The molecule has 3 nitrogen and oxygen atoms in total. The fourth-order valence-corrected chi connectivity index (χ4v) is 1.81. The van der Waals surface area contributed by atoms with E-state index in [2.05, 4.69) is 5.32 Å². The number of amides is 1. The molecule has 0 fully saturated rings. The van der Waals surface area contributed by atoms with E-state index >= 15 is 0 Å². The Bertz CT molecular complexity index is 301. The van der Waals surface area contributed by atoms with Crippen molar-refractivity contribution in [2.45, 2.75) is 19.5 Å². The predicted octanol–water partition coefficient (Wildman–Crippen LogP) is 1.79. The average molecular weight is 255 g/mol. The van der Waals surface area contributed by atoms with Gasteiger partial charge in [-0.2, -0.15) is 0 Å². The van der Waals surface area contributed by atoms with Crippen molar-refractivity contribution in [3.8, 4) is 0 Å². The van der Waals surface area contributed by atoms with Crippen molar-refractivity contribution in [3.05, 3.63) is 21.3 Å². The van der Waals surface area contributed by atoms with Gasteiger partial charge in [0.15, 0.2) is 0 Å². The molecule has 0 radical (unpaired) electrons. The molecule has 0 aliphatic carbocycles. The fourth-order valence-electron chi connectivity index (χ4n) is 0.782. The summed E-state index contributed by atoms with van der Waals surface area (Å²) in [6.07, 6.45) is 0. The monoisotopic (exact) mass is 254 g/mol. The Morgan fingerprint density at radius 2 is 2.36 bits per heavy atom. The van der Waals surface area contributed by atoms with Crippen molar-refractivity contribution >= 4 is 41.3 Å². The summed E-state index contributed by atoms with van der Waals surface area (Å²) in [5.41, 5.74) is 5.37. The first-order valence-electron chi connectivity index (χ1n) is 3.87. The normalized spacial score (nSPS) is 11.6. The highest BCUT2D eigenvalue weighted by molar-refractivity contribution is 7.16. The summed E-state index contributed by atoms with van der Waals surface area (Å²) < 4.78 is 0.727. The van der Waals surface area contributed by atoms with Gasteiger partial charge in [-0.05, 0) is 19.1 Å². The van der Waals surface area contributed by atoms with Crippen LogP contribution in [0.4, 0.5) is 0 Å². The summed E-state index contributed by atoms with van der Waals surface area (Å²) in [6.45, 7) is 2.15. The maximum Gasteiger partial charge on any atom is 0.236 e. The second kappa shape index (κ2) is 6.24. The third-order valence-corrected chi connectivity index (χ3v) is 2.71. The van der Waals surface area contributed by atoms with Gasteiger partial charge in [-0.25, -0.2) is 0 Å². The zero-order valence-electron chi connectivity index (χ0n) is 7.62. The predicted molar refractivity (Wildman–Crippen MR) is 62.1 cm³/mol. The molecule has 0 aliphatic rings. The zero-order chi connectivity index (χ0) is 9.84. The molecular weight excluding hydrogens is 243 g/mol. The number of hydrogen-bond donors (Lipinski definition) is 2. The maximum atomic E-state index is 11.1. The minimum Gasteiger partial charge on any atom is -0.350 e. The van der Waals surface area contributed by atoms with Crippen molar-refractivity contribution in [2.24, 2.45) is 5.73 Å². The molecule has 14 heavy (non-hydrogen) atoms. The quantitative estimate of drug-likeness (QED) is 0.865. The SMILES string of the molecule is C[C@H](N)C(=O)NCc1ccc(Cl)s1.Cl. The van der Waals surface area contributed by atoms with Gasteiger partial charge in [0.2, 0.25) is 5.91 Å². The Morgan fingerprint density at radius 3 is 2.79 bits per heavy atom. The van der Waals surface area contributed by atoms with Gasteiger partial charge in [-0.3, -0.25) is 4.79 Å². The lowest BCUT2D eigenvalue weighted by Crippen LogP contribution is -2.37. The van der Waals surface area contributed by atoms with Gasteiger partial charge in [-0.15, -0.1) is 23.7 Å². The molecule has 0 spiro atoms. The molecule has 1 aromatic rings. The summed E-state index contributed by atoms with van der Waals surface area (Å²) in [4.78, 5) is 12.1. The van der Waals surface area contributed by atoms with Crippen molar-refractivity contribution in [1.29, 1.82) is 0 Å². The molecule has 0 saturated carbocycles. The number of carbonyl (C=O) groups excluding carboxylic acids is 1. The van der Waals surface area contributed by atoms with E-state index < -0.39 is 6.04 Å². The smallest absolute Gasteiger partial charge is 0.236 e. The second-order valence-corrected chi connectivity index (χ2v) is 4.51. The van der Waals surface area contributed by atoms with E-state index in [1.165, 1.54) is 11.3 Å². The van der Waals surface area contributed by atoms with E-state index in [0.717, 1.165) is 9.21 Å². The maximum absolute atomic E-state index is 11.1. The topological polar surface area (TPSA) is 55.1 Å². The van der Waals surface area contributed by atoms with Crippen molar-refractivity contribution < 1.29 is 4.79 Å². The van der Waals surface area contributed by atoms with Crippen molar-refractivity contribution in [1.82, 2.24) is 5.32 Å². The van der Waals surface area contributed by atoms with Crippen LogP contribution in [0.3, 0.4) is 0 Å². The summed E-state index contributed by atoms with van der Waals surface area (Å²) in [5, 5.41) is 2.70. The van der Waals surface area contributed by atoms with Crippen LogP contribution in [-0.4, -0.2) is 11.9 Å². The molecule has 0 unspecified atom stereocenters. The number of nitrogens with two attached hydrogens (primary N) is 1. The van der Waals surface area contributed by atoms with Crippen LogP contribution >= 0.6 is 35.3 Å². The summed E-state index contributed by atoms with van der Waals surface area (Å²) >= 11 is 7.17. The van der Waals surface area contributed by atoms with Crippen LogP contribution in [0.15, 0.2) is 12.1 Å². The Labute approximate surface area is 98.0 Å². The van der Waals surface area contributed by atoms with Crippen LogP contribution in [0.25, 0.3) is 0 Å². The summed E-state index contributed by atoms with van der Waals surface area (Å²) in [5.74, 6) is -0.149. The Balaban J connectivity index is 0.00000169. The molecule has 0 aromatic carbocycles. The lowest BCUT2D eigenvalue weighted by atomic mass is 10.3. The van der Waals surface area contributed by atoms with Gasteiger partial charge in [0.05, 0.1) is 16.9 Å². The molecule has 1 rings (SSSR count). The molecule has 1 amide bonds. The van der Waals surface area contributed by atoms with Gasteiger partial charge in [0, 0.05) is 4.88 Å². The van der Waals surface area contributed by atoms with E-state index in [4.69, 9.17) is 17.3 Å². The lowest BCUT2D eigenvalue weighted by molar-refractivity contribution is -0.122. The minimum absolute atomic E-state index is 0. The van der Waals surface area contributed by atoms with Crippen molar-refractivity contribution in [2.75, 3.05) is 0 Å². The number of hydrogen-bond acceptors (Lipinski definition) is 3. The van der Waals surface area contributed by atoms with Crippen molar-refractivity contribution in [3.63, 3.8) is 0 Å². The Hall–Kier alpha value is -0.290. The van der Waals surface area contributed by atoms with Gasteiger partial charge in [-0.1, -0.05) is 11.6 Å². The minimum atomic E-state index is -0.463. The fraction of sp³-hybridized carbons (Fsp3) is 0.375. The molecule has 0 aliphatic heterocycles. The molecule has 1 aromatic heterocycles. The van der Waals surface area contributed by atoms with Crippen LogP contribution in [0.1, 0.15) is 11.8 Å². The Morgan fingerprint density at radius 1 is 1.71 bits per heavy atom. The summed E-state index contributed by atoms with van der Waals surface area (Å²) in [6, 6.07) is 3.23. The van der Waals surface area contributed by atoms with E-state index in [9.17, 15) is 4.79 Å². The van der Waals surface area contributed by atoms with Crippen LogP contribution in [0, 0.1) is 0 Å². The van der Waals surface area contributed by atoms with E-state index in [1.807, 2.05) is 6.07 Å².